The van der Waals surface area contributed by atoms with Crippen LogP contribution in [0.2, 0.25) is 0 Å². The zero-order valence-corrected chi connectivity index (χ0v) is 13.1. The van der Waals surface area contributed by atoms with Crippen LogP contribution in [0.1, 0.15) is 12.0 Å². The Hall–Kier alpha value is -2.63. The number of imide groups is 1. The van der Waals surface area contributed by atoms with Crippen LogP contribution in [-0.2, 0) is 9.59 Å². The molecule has 0 spiro atoms. The lowest BCUT2D eigenvalue weighted by molar-refractivity contribution is -0.136. The van der Waals surface area contributed by atoms with Gasteiger partial charge < -0.3 is 9.80 Å². The molecule has 2 aliphatic heterocycles. The molecular formula is C17H19N3O3. The summed E-state index contributed by atoms with van der Waals surface area (Å²) in [5, 5.41) is 0. The van der Waals surface area contributed by atoms with Crippen molar-refractivity contribution in [3.05, 3.63) is 42.0 Å². The number of hydrogen-bond donors (Lipinski definition) is 0. The summed E-state index contributed by atoms with van der Waals surface area (Å²) in [4.78, 5) is 39.9. The zero-order chi connectivity index (χ0) is 16.4. The molecule has 0 bridgehead atoms. The van der Waals surface area contributed by atoms with Gasteiger partial charge in [-0.15, -0.1) is 0 Å². The molecule has 0 aliphatic carbocycles. The van der Waals surface area contributed by atoms with E-state index in [9.17, 15) is 14.4 Å². The third-order valence-corrected chi connectivity index (χ3v) is 4.23. The highest BCUT2D eigenvalue weighted by Crippen LogP contribution is 2.22. The summed E-state index contributed by atoms with van der Waals surface area (Å²) in [5.41, 5.74) is 2.40. The fourth-order valence-electron chi connectivity index (χ4n) is 2.87. The highest BCUT2D eigenvalue weighted by Gasteiger charge is 2.35. The van der Waals surface area contributed by atoms with Crippen molar-refractivity contribution in [2.45, 2.75) is 6.42 Å². The minimum absolute atomic E-state index is 0.0458. The summed E-state index contributed by atoms with van der Waals surface area (Å²) >= 11 is 0. The van der Waals surface area contributed by atoms with E-state index < -0.39 is 6.03 Å². The smallest absolute Gasteiger partial charge is 0.327 e. The second-order valence-corrected chi connectivity index (χ2v) is 5.80. The molecule has 0 aromatic heterocycles. The van der Waals surface area contributed by atoms with E-state index in [-0.39, 0.29) is 24.9 Å². The van der Waals surface area contributed by atoms with Gasteiger partial charge in [-0.05, 0) is 17.6 Å². The van der Waals surface area contributed by atoms with E-state index in [1.165, 1.54) is 16.0 Å². The van der Waals surface area contributed by atoms with Crippen molar-refractivity contribution in [1.82, 2.24) is 14.7 Å². The molecule has 1 aromatic carbocycles. The van der Waals surface area contributed by atoms with Crippen LogP contribution in [-0.4, -0.2) is 65.8 Å². The van der Waals surface area contributed by atoms with Crippen molar-refractivity contribution < 1.29 is 14.4 Å². The van der Waals surface area contributed by atoms with Crippen molar-refractivity contribution in [2.24, 2.45) is 0 Å². The van der Waals surface area contributed by atoms with Gasteiger partial charge in [0.2, 0.25) is 5.91 Å². The van der Waals surface area contributed by atoms with Gasteiger partial charge in [0.25, 0.3) is 5.91 Å². The molecule has 0 N–H and O–H groups in total. The van der Waals surface area contributed by atoms with Crippen molar-refractivity contribution in [1.29, 1.82) is 0 Å². The molecule has 3 rings (SSSR count). The number of rotatable bonds is 3. The lowest BCUT2D eigenvalue weighted by Crippen LogP contribution is -2.44. The molecular weight excluding hydrogens is 294 g/mol. The monoisotopic (exact) mass is 313 g/mol. The van der Waals surface area contributed by atoms with Gasteiger partial charge in [0.1, 0.15) is 13.1 Å². The van der Waals surface area contributed by atoms with Crippen LogP contribution in [0, 0.1) is 0 Å². The second kappa shape index (κ2) is 6.24. The van der Waals surface area contributed by atoms with Crippen molar-refractivity contribution >= 4 is 23.4 Å². The Balaban J connectivity index is 1.61. The van der Waals surface area contributed by atoms with Gasteiger partial charge in [0.15, 0.2) is 0 Å². The van der Waals surface area contributed by atoms with Crippen LogP contribution < -0.4 is 0 Å². The maximum atomic E-state index is 12.3. The fourth-order valence-corrected chi connectivity index (χ4v) is 2.87. The van der Waals surface area contributed by atoms with E-state index in [1.807, 2.05) is 24.3 Å². The van der Waals surface area contributed by atoms with Crippen molar-refractivity contribution in [3.8, 4) is 0 Å². The Labute approximate surface area is 135 Å². The average molecular weight is 313 g/mol. The van der Waals surface area contributed by atoms with E-state index in [2.05, 4.69) is 12.1 Å². The molecule has 0 radical (unpaired) electrons. The lowest BCUT2D eigenvalue weighted by Gasteiger charge is -2.28. The van der Waals surface area contributed by atoms with Crippen LogP contribution >= 0.6 is 0 Å². The normalized spacial score (nSPS) is 18.5. The number of hydrogen-bond acceptors (Lipinski definition) is 3. The van der Waals surface area contributed by atoms with E-state index in [0.717, 1.165) is 11.3 Å². The van der Waals surface area contributed by atoms with E-state index in [1.54, 1.807) is 11.9 Å². The molecule has 2 aliphatic rings. The summed E-state index contributed by atoms with van der Waals surface area (Å²) in [7, 11) is 1.56. The Bertz CT molecular complexity index is 669. The van der Waals surface area contributed by atoms with Crippen LogP contribution in [0.5, 0.6) is 0 Å². The standard InChI is InChI=1S/C17H19N3O3/c1-18-11-16(22)20(17(18)23)12-15(21)19-9-7-14(8-10-19)13-5-3-2-4-6-13/h2-7H,8-12H2,1H3. The molecule has 2 heterocycles. The van der Waals surface area contributed by atoms with Crippen LogP contribution in [0.3, 0.4) is 0 Å². The molecule has 4 amide bonds. The summed E-state index contributed by atoms with van der Waals surface area (Å²) in [6, 6.07) is 9.68. The molecule has 120 valence electrons. The van der Waals surface area contributed by atoms with Gasteiger partial charge in [-0.3, -0.25) is 14.5 Å². The molecule has 0 unspecified atom stereocenters. The first-order valence-electron chi connectivity index (χ1n) is 7.64. The van der Waals surface area contributed by atoms with Gasteiger partial charge in [0.05, 0.1) is 0 Å². The van der Waals surface area contributed by atoms with Gasteiger partial charge in [-0.1, -0.05) is 36.4 Å². The van der Waals surface area contributed by atoms with Crippen LogP contribution in [0.15, 0.2) is 36.4 Å². The zero-order valence-electron chi connectivity index (χ0n) is 13.1. The minimum atomic E-state index is -0.402. The van der Waals surface area contributed by atoms with E-state index >= 15 is 0 Å². The predicted octanol–water partition coefficient (Wildman–Crippen LogP) is 1.20. The SMILES string of the molecule is CN1CC(=O)N(CC(=O)N2CC=C(c3ccccc3)CC2)C1=O. The number of benzene rings is 1. The molecule has 6 heteroatoms. The van der Waals surface area contributed by atoms with E-state index in [4.69, 9.17) is 0 Å². The molecule has 1 fully saturated rings. The van der Waals surface area contributed by atoms with Crippen LogP contribution in [0.25, 0.3) is 5.57 Å². The highest BCUT2D eigenvalue weighted by molar-refractivity contribution is 6.04. The maximum absolute atomic E-state index is 12.3. The van der Waals surface area contributed by atoms with Gasteiger partial charge in [0, 0.05) is 20.1 Å². The molecule has 1 saturated heterocycles. The third-order valence-electron chi connectivity index (χ3n) is 4.23. The molecule has 0 saturated carbocycles. The third kappa shape index (κ3) is 3.11. The molecule has 23 heavy (non-hydrogen) atoms. The Morgan fingerprint density at radius 2 is 1.91 bits per heavy atom. The predicted molar refractivity (Wildman–Crippen MR) is 85.4 cm³/mol. The Morgan fingerprint density at radius 3 is 2.48 bits per heavy atom. The topological polar surface area (TPSA) is 60.9 Å². The number of carbonyl (C=O) groups is 3. The fraction of sp³-hybridized carbons (Fsp3) is 0.353. The average Bonchev–Trinajstić information content (AvgIpc) is 2.82. The Kier molecular flexibility index (Phi) is 4.14. The molecule has 6 nitrogen and oxygen atoms in total. The van der Waals surface area contributed by atoms with Gasteiger partial charge in [-0.25, -0.2) is 4.79 Å². The van der Waals surface area contributed by atoms with Crippen molar-refractivity contribution in [3.63, 3.8) is 0 Å². The maximum Gasteiger partial charge on any atom is 0.327 e. The summed E-state index contributed by atoms with van der Waals surface area (Å²) < 4.78 is 0. The largest absolute Gasteiger partial charge is 0.337 e. The molecule has 0 atom stereocenters. The first-order valence-corrected chi connectivity index (χ1v) is 7.64. The first kappa shape index (κ1) is 15.3. The number of carbonyl (C=O) groups excluding carboxylic acids is 3. The number of amides is 4. The van der Waals surface area contributed by atoms with Gasteiger partial charge in [-0.2, -0.15) is 0 Å². The summed E-state index contributed by atoms with van der Waals surface area (Å²) in [6.07, 6.45) is 2.81. The lowest BCUT2D eigenvalue weighted by atomic mass is 9.99. The molecule has 1 aromatic rings. The Morgan fingerprint density at radius 1 is 1.17 bits per heavy atom. The number of nitrogens with zero attached hydrogens (tertiary/aromatic N) is 3. The number of urea groups is 1. The highest BCUT2D eigenvalue weighted by atomic mass is 16.2. The van der Waals surface area contributed by atoms with Crippen LogP contribution in [0.4, 0.5) is 4.79 Å². The minimum Gasteiger partial charge on any atom is -0.337 e. The summed E-state index contributed by atoms with van der Waals surface area (Å²) in [5.74, 6) is -0.506. The quantitative estimate of drug-likeness (QED) is 0.788. The van der Waals surface area contributed by atoms with Crippen molar-refractivity contribution in [2.75, 3.05) is 33.2 Å². The van der Waals surface area contributed by atoms with E-state index in [0.29, 0.717) is 13.1 Å². The van der Waals surface area contributed by atoms with Gasteiger partial charge >= 0.3 is 6.03 Å². The first-order chi connectivity index (χ1) is 11.1. The summed E-state index contributed by atoms with van der Waals surface area (Å²) in [6.45, 7) is 0.988. The number of likely N-dealkylation sites (N-methyl/N-ethyl adjacent to an activating group) is 1. The second-order valence-electron chi connectivity index (χ2n) is 5.80.